The number of phenols is 1. The van der Waals surface area contributed by atoms with Crippen LogP contribution in [0.3, 0.4) is 0 Å². The fourth-order valence-electron chi connectivity index (χ4n) is 1.71. The second-order valence-corrected chi connectivity index (χ2v) is 4.74. The third kappa shape index (κ3) is 3.80. The molecule has 0 aliphatic carbocycles. The summed E-state index contributed by atoms with van der Waals surface area (Å²) in [5, 5.41) is 24.0. The van der Waals surface area contributed by atoms with E-state index in [1.165, 1.54) is 24.3 Å². The van der Waals surface area contributed by atoms with Gasteiger partial charge in [-0.05, 0) is 18.2 Å². The van der Waals surface area contributed by atoms with Gasteiger partial charge < -0.3 is 5.11 Å². The quantitative estimate of drug-likeness (QED) is 0.508. The Kier molecular flexibility index (Phi) is 4.87. The number of phenolic OH excluding ortho intramolecular Hbond substituents is 1. The van der Waals surface area contributed by atoms with Crippen molar-refractivity contribution in [2.75, 3.05) is 0 Å². The highest BCUT2D eigenvalue weighted by molar-refractivity contribution is 6.31. The van der Waals surface area contributed by atoms with Gasteiger partial charge in [0.25, 0.3) is 5.91 Å². The van der Waals surface area contributed by atoms with Crippen LogP contribution in [-0.4, -0.2) is 22.2 Å². The first kappa shape index (κ1) is 16.4. The molecule has 2 aromatic rings. The average molecular weight is 338 g/mol. The molecule has 2 N–H and O–H groups in total. The molecule has 0 aliphatic heterocycles. The second-order valence-electron chi connectivity index (χ2n) is 4.30. The molecule has 0 aromatic heterocycles. The lowest BCUT2D eigenvalue weighted by molar-refractivity contribution is -0.385. The number of carbonyl (C=O) groups is 1. The maximum atomic E-state index is 13.4. The van der Waals surface area contributed by atoms with Gasteiger partial charge in [0.1, 0.15) is 5.82 Å². The maximum absolute atomic E-state index is 13.4. The molecule has 0 atom stereocenters. The van der Waals surface area contributed by atoms with E-state index in [9.17, 15) is 24.4 Å². The van der Waals surface area contributed by atoms with Crippen LogP contribution in [0.5, 0.6) is 5.75 Å². The van der Waals surface area contributed by atoms with Crippen molar-refractivity contribution >= 4 is 29.4 Å². The molecule has 0 radical (unpaired) electrons. The maximum Gasteiger partial charge on any atom is 0.312 e. The zero-order valence-corrected chi connectivity index (χ0v) is 12.1. The molecule has 0 spiro atoms. The molecular weight excluding hydrogens is 329 g/mol. The van der Waals surface area contributed by atoms with Crippen molar-refractivity contribution in [3.8, 4) is 5.75 Å². The van der Waals surface area contributed by atoms with Crippen LogP contribution in [0.25, 0.3) is 0 Å². The summed E-state index contributed by atoms with van der Waals surface area (Å²) in [4.78, 5) is 21.7. The number of nitrogens with zero attached hydrogens (tertiary/aromatic N) is 2. The standard InChI is InChI=1S/C14H9ClFN3O4/c15-9-5-8(13(20)12(6-9)19(22)23)7-17-18-14(21)10-3-1-2-4-11(10)16/h1-7,20H,(H,18,21)/b17-7+. The number of rotatable bonds is 4. The van der Waals surface area contributed by atoms with Crippen molar-refractivity contribution in [2.24, 2.45) is 5.10 Å². The van der Waals surface area contributed by atoms with Crippen molar-refractivity contribution in [2.45, 2.75) is 0 Å². The number of hydrogen-bond donors (Lipinski definition) is 2. The Morgan fingerprint density at radius 2 is 2.09 bits per heavy atom. The third-order valence-electron chi connectivity index (χ3n) is 2.77. The van der Waals surface area contributed by atoms with E-state index in [0.29, 0.717) is 0 Å². The highest BCUT2D eigenvalue weighted by Gasteiger charge is 2.18. The van der Waals surface area contributed by atoms with Gasteiger partial charge in [-0.15, -0.1) is 0 Å². The Morgan fingerprint density at radius 3 is 2.74 bits per heavy atom. The van der Waals surface area contributed by atoms with Crippen LogP contribution >= 0.6 is 11.6 Å². The molecule has 0 fully saturated rings. The zero-order chi connectivity index (χ0) is 17.0. The van der Waals surface area contributed by atoms with Gasteiger partial charge in [-0.2, -0.15) is 5.10 Å². The van der Waals surface area contributed by atoms with Gasteiger partial charge in [0.2, 0.25) is 5.75 Å². The summed E-state index contributed by atoms with van der Waals surface area (Å²) in [6, 6.07) is 7.49. The summed E-state index contributed by atoms with van der Waals surface area (Å²) in [6.45, 7) is 0. The van der Waals surface area contributed by atoms with Gasteiger partial charge in [-0.3, -0.25) is 14.9 Å². The molecule has 0 saturated heterocycles. The topological polar surface area (TPSA) is 105 Å². The van der Waals surface area contributed by atoms with Crippen LogP contribution in [0.4, 0.5) is 10.1 Å². The van der Waals surface area contributed by atoms with E-state index in [2.05, 4.69) is 10.5 Å². The molecular formula is C14H9ClFN3O4. The molecule has 2 aromatic carbocycles. The lowest BCUT2D eigenvalue weighted by Crippen LogP contribution is -2.18. The third-order valence-corrected chi connectivity index (χ3v) is 2.99. The number of hydrazone groups is 1. The number of aromatic hydroxyl groups is 1. The smallest absolute Gasteiger partial charge is 0.312 e. The Labute approximate surface area is 134 Å². The number of nitro benzene ring substituents is 1. The molecule has 9 heteroatoms. The summed E-state index contributed by atoms with van der Waals surface area (Å²) in [7, 11) is 0. The van der Waals surface area contributed by atoms with Crippen LogP contribution in [0, 0.1) is 15.9 Å². The largest absolute Gasteiger partial charge is 0.502 e. The van der Waals surface area contributed by atoms with E-state index in [1.54, 1.807) is 0 Å². The molecule has 23 heavy (non-hydrogen) atoms. The predicted molar refractivity (Wildman–Crippen MR) is 81.2 cm³/mol. The molecule has 2 rings (SSSR count). The number of carbonyl (C=O) groups excluding carboxylic acids is 1. The summed E-state index contributed by atoms with van der Waals surface area (Å²) < 4.78 is 13.4. The van der Waals surface area contributed by atoms with E-state index in [0.717, 1.165) is 18.3 Å². The van der Waals surface area contributed by atoms with E-state index in [4.69, 9.17) is 11.6 Å². The normalized spacial score (nSPS) is 10.7. The van der Waals surface area contributed by atoms with Crippen LogP contribution in [-0.2, 0) is 0 Å². The van der Waals surface area contributed by atoms with Crippen molar-refractivity contribution in [3.05, 3.63) is 68.5 Å². The Bertz CT molecular complexity index is 811. The van der Waals surface area contributed by atoms with Crippen molar-refractivity contribution in [1.29, 1.82) is 0 Å². The Hall–Kier alpha value is -3.00. The van der Waals surface area contributed by atoms with Crippen molar-refractivity contribution in [1.82, 2.24) is 5.43 Å². The summed E-state index contributed by atoms with van der Waals surface area (Å²) in [5.74, 6) is -2.18. The monoisotopic (exact) mass is 337 g/mol. The van der Waals surface area contributed by atoms with Crippen molar-refractivity contribution in [3.63, 3.8) is 0 Å². The van der Waals surface area contributed by atoms with Gasteiger partial charge in [-0.1, -0.05) is 23.7 Å². The Morgan fingerprint density at radius 1 is 1.39 bits per heavy atom. The molecule has 0 bridgehead atoms. The van der Waals surface area contributed by atoms with Gasteiger partial charge in [0, 0.05) is 16.7 Å². The van der Waals surface area contributed by atoms with Crippen LogP contribution in [0.15, 0.2) is 41.5 Å². The number of nitrogens with one attached hydrogen (secondary N) is 1. The van der Waals surface area contributed by atoms with E-state index in [-0.39, 0.29) is 16.1 Å². The highest BCUT2D eigenvalue weighted by atomic mass is 35.5. The molecule has 0 aliphatic rings. The fraction of sp³-hybridized carbons (Fsp3) is 0. The average Bonchev–Trinajstić information content (AvgIpc) is 2.50. The van der Waals surface area contributed by atoms with Crippen molar-refractivity contribution < 1.29 is 19.2 Å². The van der Waals surface area contributed by atoms with Gasteiger partial charge in [0.15, 0.2) is 0 Å². The molecule has 0 unspecified atom stereocenters. The van der Waals surface area contributed by atoms with Gasteiger partial charge in [-0.25, -0.2) is 9.82 Å². The van der Waals surface area contributed by atoms with Crippen LogP contribution < -0.4 is 5.43 Å². The van der Waals surface area contributed by atoms with Crippen LogP contribution in [0.2, 0.25) is 5.02 Å². The second kappa shape index (κ2) is 6.84. The molecule has 0 heterocycles. The molecule has 118 valence electrons. The number of hydrogen-bond acceptors (Lipinski definition) is 5. The van der Waals surface area contributed by atoms with Gasteiger partial charge in [0.05, 0.1) is 16.7 Å². The van der Waals surface area contributed by atoms with Crippen LogP contribution in [0.1, 0.15) is 15.9 Å². The van der Waals surface area contributed by atoms with E-state index < -0.39 is 28.1 Å². The summed E-state index contributed by atoms with van der Waals surface area (Å²) in [6.07, 6.45) is 0.965. The SMILES string of the molecule is O=C(N/N=C/c1cc(Cl)cc([N+](=O)[O-])c1O)c1ccccc1F. The predicted octanol–water partition coefficient (Wildman–Crippen LogP) is 2.86. The summed E-state index contributed by atoms with van der Waals surface area (Å²) >= 11 is 5.71. The molecule has 7 nitrogen and oxygen atoms in total. The Balaban J connectivity index is 2.20. The lowest BCUT2D eigenvalue weighted by atomic mass is 10.2. The number of nitro groups is 1. The minimum Gasteiger partial charge on any atom is -0.502 e. The molecule has 0 saturated carbocycles. The minimum absolute atomic E-state index is 0.0105. The first-order chi connectivity index (χ1) is 10.9. The van der Waals surface area contributed by atoms with E-state index in [1.807, 2.05) is 0 Å². The number of amides is 1. The lowest BCUT2D eigenvalue weighted by Gasteiger charge is -2.03. The number of halogens is 2. The highest BCUT2D eigenvalue weighted by Crippen LogP contribution is 2.32. The minimum atomic E-state index is -0.810. The first-order valence-corrected chi connectivity index (χ1v) is 6.52. The fourth-order valence-corrected chi connectivity index (χ4v) is 1.93. The summed E-state index contributed by atoms with van der Waals surface area (Å²) in [5.41, 5.74) is 1.16. The molecule has 1 amide bonds. The zero-order valence-electron chi connectivity index (χ0n) is 11.4. The van der Waals surface area contributed by atoms with E-state index >= 15 is 0 Å². The first-order valence-electron chi connectivity index (χ1n) is 6.15. The van der Waals surface area contributed by atoms with Gasteiger partial charge >= 0.3 is 5.69 Å². The number of benzene rings is 2.